The Morgan fingerprint density at radius 2 is 1.95 bits per heavy atom. The first-order chi connectivity index (χ1) is 10.2. The number of pyridine rings is 1. The fourth-order valence-electron chi connectivity index (χ4n) is 2.10. The van der Waals surface area contributed by atoms with Crippen LogP contribution in [0, 0.1) is 0 Å². The first-order valence-electron chi connectivity index (χ1n) is 7.18. The molecular formula is C17H22N2O2. The Kier molecular flexibility index (Phi) is 5.58. The van der Waals surface area contributed by atoms with Gasteiger partial charge in [0.2, 0.25) is 5.88 Å². The first-order valence-corrected chi connectivity index (χ1v) is 7.18. The summed E-state index contributed by atoms with van der Waals surface area (Å²) in [6, 6.07) is 12.3. The van der Waals surface area contributed by atoms with Gasteiger partial charge in [0.05, 0.1) is 13.7 Å². The zero-order chi connectivity index (χ0) is 15.1. The number of rotatable bonds is 7. The second-order valence-electron chi connectivity index (χ2n) is 4.78. The minimum absolute atomic E-state index is 0.241. The molecular weight excluding hydrogens is 264 g/mol. The Morgan fingerprint density at radius 3 is 2.62 bits per heavy atom. The van der Waals surface area contributed by atoms with Gasteiger partial charge in [0.1, 0.15) is 5.75 Å². The van der Waals surface area contributed by atoms with Gasteiger partial charge in [-0.15, -0.1) is 0 Å². The maximum atomic E-state index is 5.54. The SMILES string of the molecule is CCOc1ncccc1CN[C@@H](C)c1ccc(OC)cc1. The molecule has 112 valence electrons. The van der Waals surface area contributed by atoms with Crippen molar-refractivity contribution in [2.24, 2.45) is 0 Å². The average Bonchev–Trinajstić information content (AvgIpc) is 2.54. The van der Waals surface area contributed by atoms with Crippen LogP contribution in [0.1, 0.15) is 31.0 Å². The van der Waals surface area contributed by atoms with Gasteiger partial charge in [-0.3, -0.25) is 0 Å². The molecule has 0 saturated heterocycles. The molecule has 0 radical (unpaired) electrons. The van der Waals surface area contributed by atoms with Crippen molar-refractivity contribution in [3.63, 3.8) is 0 Å². The largest absolute Gasteiger partial charge is 0.497 e. The van der Waals surface area contributed by atoms with Gasteiger partial charge in [0.15, 0.2) is 0 Å². The van der Waals surface area contributed by atoms with Crippen LogP contribution in [-0.2, 0) is 6.54 Å². The van der Waals surface area contributed by atoms with Crippen LogP contribution in [0.5, 0.6) is 11.6 Å². The molecule has 0 saturated carbocycles. The van der Waals surface area contributed by atoms with Gasteiger partial charge in [0, 0.05) is 24.3 Å². The van der Waals surface area contributed by atoms with Crippen LogP contribution in [0.2, 0.25) is 0 Å². The molecule has 0 amide bonds. The summed E-state index contributed by atoms with van der Waals surface area (Å²) in [5.74, 6) is 1.58. The normalized spacial score (nSPS) is 12.0. The van der Waals surface area contributed by atoms with Crippen molar-refractivity contribution < 1.29 is 9.47 Å². The Hall–Kier alpha value is -2.07. The van der Waals surface area contributed by atoms with E-state index in [1.807, 2.05) is 31.2 Å². The molecule has 1 heterocycles. The monoisotopic (exact) mass is 286 g/mol. The molecule has 2 aromatic rings. The summed E-state index contributed by atoms with van der Waals surface area (Å²) in [4.78, 5) is 4.26. The predicted octanol–water partition coefficient (Wildman–Crippen LogP) is 3.34. The summed E-state index contributed by atoms with van der Waals surface area (Å²) in [5.41, 5.74) is 2.29. The van der Waals surface area contributed by atoms with Gasteiger partial charge in [-0.05, 0) is 37.6 Å². The van der Waals surface area contributed by atoms with Crippen molar-refractivity contribution in [1.82, 2.24) is 10.3 Å². The first kappa shape index (κ1) is 15.3. The number of nitrogens with zero attached hydrogens (tertiary/aromatic N) is 1. The third-order valence-corrected chi connectivity index (χ3v) is 3.35. The van der Waals surface area contributed by atoms with Crippen LogP contribution < -0.4 is 14.8 Å². The molecule has 0 aliphatic carbocycles. The van der Waals surface area contributed by atoms with E-state index in [4.69, 9.17) is 9.47 Å². The topological polar surface area (TPSA) is 43.4 Å². The van der Waals surface area contributed by atoms with Crippen molar-refractivity contribution in [2.75, 3.05) is 13.7 Å². The third kappa shape index (κ3) is 4.20. The predicted molar refractivity (Wildman–Crippen MR) is 83.7 cm³/mol. The molecule has 0 spiro atoms. The molecule has 1 aromatic carbocycles. The Morgan fingerprint density at radius 1 is 1.19 bits per heavy atom. The Labute approximate surface area is 126 Å². The highest BCUT2D eigenvalue weighted by Gasteiger charge is 2.08. The second kappa shape index (κ2) is 7.64. The van der Waals surface area contributed by atoms with Gasteiger partial charge in [-0.1, -0.05) is 18.2 Å². The van der Waals surface area contributed by atoms with Crippen molar-refractivity contribution in [3.8, 4) is 11.6 Å². The van der Waals surface area contributed by atoms with E-state index in [1.165, 1.54) is 5.56 Å². The van der Waals surface area contributed by atoms with Crippen molar-refractivity contribution in [1.29, 1.82) is 0 Å². The molecule has 2 rings (SSSR count). The van der Waals surface area contributed by atoms with Crippen LogP contribution >= 0.6 is 0 Å². The van der Waals surface area contributed by atoms with Crippen molar-refractivity contribution in [2.45, 2.75) is 26.4 Å². The molecule has 4 nitrogen and oxygen atoms in total. The maximum absolute atomic E-state index is 5.54. The Balaban J connectivity index is 1.98. The highest BCUT2D eigenvalue weighted by atomic mass is 16.5. The van der Waals surface area contributed by atoms with E-state index in [0.29, 0.717) is 12.5 Å². The fourth-order valence-corrected chi connectivity index (χ4v) is 2.10. The van der Waals surface area contributed by atoms with E-state index in [1.54, 1.807) is 13.3 Å². The molecule has 4 heteroatoms. The lowest BCUT2D eigenvalue weighted by Gasteiger charge is -2.16. The third-order valence-electron chi connectivity index (χ3n) is 3.35. The van der Waals surface area contributed by atoms with Crippen LogP contribution in [0.4, 0.5) is 0 Å². The minimum atomic E-state index is 0.241. The lowest BCUT2D eigenvalue weighted by atomic mass is 10.1. The lowest BCUT2D eigenvalue weighted by molar-refractivity contribution is 0.321. The van der Waals surface area contributed by atoms with Gasteiger partial charge in [-0.2, -0.15) is 0 Å². The quantitative estimate of drug-likeness (QED) is 0.847. The smallest absolute Gasteiger partial charge is 0.217 e. The summed E-state index contributed by atoms with van der Waals surface area (Å²) in [7, 11) is 1.67. The number of hydrogen-bond donors (Lipinski definition) is 1. The zero-order valence-electron chi connectivity index (χ0n) is 12.8. The number of benzene rings is 1. The standard InChI is InChI=1S/C17H22N2O2/c1-4-21-17-15(6-5-11-18-17)12-19-13(2)14-7-9-16(20-3)10-8-14/h5-11,13,19H,4,12H2,1-3H3/t13-/m0/s1. The van der Waals surface area contributed by atoms with Crippen molar-refractivity contribution in [3.05, 3.63) is 53.7 Å². The zero-order valence-corrected chi connectivity index (χ0v) is 12.8. The minimum Gasteiger partial charge on any atom is -0.497 e. The van der Waals surface area contributed by atoms with Crippen LogP contribution in [0.15, 0.2) is 42.6 Å². The molecule has 1 N–H and O–H groups in total. The van der Waals surface area contributed by atoms with E-state index in [0.717, 1.165) is 17.9 Å². The average molecular weight is 286 g/mol. The van der Waals surface area contributed by atoms with E-state index >= 15 is 0 Å². The van der Waals surface area contributed by atoms with Gasteiger partial charge >= 0.3 is 0 Å². The van der Waals surface area contributed by atoms with E-state index < -0.39 is 0 Å². The van der Waals surface area contributed by atoms with Crippen LogP contribution in [-0.4, -0.2) is 18.7 Å². The summed E-state index contributed by atoms with van der Waals surface area (Å²) in [6.45, 7) is 5.44. The molecule has 1 aromatic heterocycles. The van der Waals surface area contributed by atoms with E-state index in [9.17, 15) is 0 Å². The van der Waals surface area contributed by atoms with E-state index in [-0.39, 0.29) is 6.04 Å². The van der Waals surface area contributed by atoms with Crippen LogP contribution in [0.3, 0.4) is 0 Å². The number of ether oxygens (including phenoxy) is 2. The maximum Gasteiger partial charge on any atom is 0.217 e. The summed E-state index contributed by atoms with van der Waals surface area (Å²) in [6.07, 6.45) is 1.75. The molecule has 0 aliphatic rings. The summed E-state index contributed by atoms with van der Waals surface area (Å²) >= 11 is 0. The second-order valence-corrected chi connectivity index (χ2v) is 4.78. The van der Waals surface area contributed by atoms with Gasteiger partial charge in [-0.25, -0.2) is 4.98 Å². The highest BCUT2D eigenvalue weighted by Crippen LogP contribution is 2.19. The number of nitrogens with one attached hydrogen (secondary N) is 1. The number of methoxy groups -OCH3 is 1. The molecule has 0 bridgehead atoms. The van der Waals surface area contributed by atoms with Gasteiger partial charge in [0.25, 0.3) is 0 Å². The highest BCUT2D eigenvalue weighted by molar-refractivity contribution is 5.29. The number of aromatic nitrogens is 1. The van der Waals surface area contributed by atoms with E-state index in [2.05, 4.69) is 29.4 Å². The van der Waals surface area contributed by atoms with Crippen molar-refractivity contribution >= 4 is 0 Å². The molecule has 0 aliphatic heterocycles. The molecule has 0 fully saturated rings. The van der Waals surface area contributed by atoms with Gasteiger partial charge < -0.3 is 14.8 Å². The lowest BCUT2D eigenvalue weighted by Crippen LogP contribution is -2.18. The van der Waals surface area contributed by atoms with Crippen LogP contribution in [0.25, 0.3) is 0 Å². The Bertz CT molecular complexity index is 555. The molecule has 21 heavy (non-hydrogen) atoms. The summed E-state index contributed by atoms with van der Waals surface area (Å²) < 4.78 is 10.7. The number of hydrogen-bond acceptors (Lipinski definition) is 4. The summed E-state index contributed by atoms with van der Waals surface area (Å²) in [5, 5.41) is 3.49. The fraction of sp³-hybridized carbons (Fsp3) is 0.353. The molecule has 0 unspecified atom stereocenters. The molecule has 1 atom stereocenters.